The first-order valence-corrected chi connectivity index (χ1v) is 13.2. The van der Waals surface area contributed by atoms with Crippen LogP contribution in [-0.2, 0) is 24.0 Å². The van der Waals surface area contributed by atoms with Crippen LogP contribution in [0.25, 0.3) is 0 Å². The number of hydrogen-bond acceptors (Lipinski definition) is 5. The molecule has 2 heterocycles. The Morgan fingerprint density at radius 1 is 1.15 bits per heavy atom. The van der Waals surface area contributed by atoms with E-state index in [9.17, 15) is 37.1 Å². The molecule has 0 aromatic carbocycles. The SMILES string of the molecule is C#CC(C)(C)[C@H](NC(=O)C(F)(F)F)C(=O)N1C[C@@H]2[C@@H]3CC[C@@H](C3)[C@@H]2[C@H]1C(=O)N[C@@H](C[C@@H]1CCNC1=O)C(N)=O. The number of carbonyl (C=O) groups excluding carboxylic acids is 5. The Bertz CT molecular complexity index is 1100. The first-order chi connectivity index (χ1) is 18.2. The van der Waals surface area contributed by atoms with Gasteiger partial charge in [-0.3, -0.25) is 24.0 Å². The molecule has 10 nitrogen and oxygen atoms in total. The third-order valence-electron chi connectivity index (χ3n) is 9.03. The smallest absolute Gasteiger partial charge is 0.368 e. The van der Waals surface area contributed by atoms with Crippen LogP contribution in [0.1, 0.15) is 46.0 Å². The zero-order chi connectivity index (χ0) is 28.9. The number of likely N-dealkylation sites (tertiary alicyclic amines) is 1. The highest BCUT2D eigenvalue weighted by Gasteiger charge is 2.60. The van der Waals surface area contributed by atoms with Gasteiger partial charge in [0, 0.05) is 19.0 Å². The van der Waals surface area contributed by atoms with Crippen LogP contribution in [-0.4, -0.2) is 71.8 Å². The second-order valence-corrected chi connectivity index (χ2v) is 11.8. The maximum absolute atomic E-state index is 13.9. The van der Waals surface area contributed by atoms with Crippen molar-refractivity contribution in [2.24, 2.45) is 40.7 Å². The molecule has 2 aliphatic carbocycles. The maximum Gasteiger partial charge on any atom is 0.471 e. The fraction of sp³-hybridized carbons (Fsp3) is 0.731. The number of alkyl halides is 3. The van der Waals surface area contributed by atoms with Gasteiger partial charge < -0.3 is 26.6 Å². The van der Waals surface area contributed by atoms with Crippen molar-refractivity contribution in [1.29, 1.82) is 0 Å². The van der Waals surface area contributed by atoms with E-state index in [1.54, 1.807) is 5.32 Å². The van der Waals surface area contributed by atoms with E-state index in [-0.39, 0.29) is 42.5 Å². The van der Waals surface area contributed by atoms with E-state index in [2.05, 4.69) is 16.6 Å². The van der Waals surface area contributed by atoms with E-state index < -0.39 is 59.3 Å². The summed E-state index contributed by atoms with van der Waals surface area (Å²) >= 11 is 0. The van der Waals surface area contributed by atoms with Crippen LogP contribution < -0.4 is 21.7 Å². The van der Waals surface area contributed by atoms with Crippen LogP contribution in [0, 0.1) is 47.3 Å². The van der Waals surface area contributed by atoms with Gasteiger partial charge in [0.2, 0.25) is 23.6 Å². The largest absolute Gasteiger partial charge is 0.471 e. The number of halogens is 3. The van der Waals surface area contributed by atoms with Crippen LogP contribution in [0.4, 0.5) is 13.2 Å². The number of carbonyl (C=O) groups is 5. The van der Waals surface area contributed by atoms with Gasteiger partial charge in [-0.05, 0) is 69.6 Å². The van der Waals surface area contributed by atoms with Crippen molar-refractivity contribution in [3.05, 3.63) is 0 Å². The first-order valence-electron chi connectivity index (χ1n) is 13.2. The lowest BCUT2D eigenvalue weighted by Gasteiger charge is -2.36. The summed E-state index contributed by atoms with van der Waals surface area (Å²) in [5, 5.41) is 7.04. The monoisotopic (exact) mass is 553 g/mol. The summed E-state index contributed by atoms with van der Waals surface area (Å²) in [6.07, 6.45) is 3.41. The van der Waals surface area contributed by atoms with Crippen molar-refractivity contribution < 1.29 is 37.1 Å². The lowest BCUT2D eigenvalue weighted by atomic mass is 9.78. The molecule has 0 spiro atoms. The Kier molecular flexibility index (Phi) is 7.62. The average Bonchev–Trinajstić information content (AvgIpc) is 3.63. The van der Waals surface area contributed by atoms with Crippen LogP contribution in [0.15, 0.2) is 0 Å². The lowest BCUT2D eigenvalue weighted by Crippen LogP contribution is -2.61. The molecule has 0 aromatic rings. The van der Waals surface area contributed by atoms with Crippen molar-refractivity contribution in [2.75, 3.05) is 13.1 Å². The number of primary amides is 1. The van der Waals surface area contributed by atoms with E-state index in [1.807, 2.05) is 0 Å². The van der Waals surface area contributed by atoms with Crippen molar-refractivity contribution >= 4 is 29.5 Å². The molecule has 2 bridgehead atoms. The predicted molar refractivity (Wildman–Crippen MR) is 131 cm³/mol. The summed E-state index contributed by atoms with van der Waals surface area (Å²) in [7, 11) is 0. The number of hydrogen-bond donors (Lipinski definition) is 4. The molecular weight excluding hydrogens is 519 g/mol. The molecule has 39 heavy (non-hydrogen) atoms. The van der Waals surface area contributed by atoms with Crippen molar-refractivity contribution in [3.63, 3.8) is 0 Å². The number of amides is 5. The van der Waals surface area contributed by atoms with Crippen molar-refractivity contribution in [1.82, 2.24) is 20.9 Å². The van der Waals surface area contributed by atoms with E-state index in [0.29, 0.717) is 13.0 Å². The van der Waals surface area contributed by atoms with Crippen LogP contribution >= 0.6 is 0 Å². The van der Waals surface area contributed by atoms with E-state index in [4.69, 9.17) is 12.2 Å². The number of nitrogens with two attached hydrogens (primary N) is 1. The van der Waals surface area contributed by atoms with Crippen molar-refractivity contribution in [2.45, 2.75) is 70.3 Å². The number of fused-ring (bicyclic) bond motifs is 5. The molecule has 4 rings (SSSR count). The highest BCUT2D eigenvalue weighted by Crippen LogP contribution is 2.57. The number of rotatable bonds is 8. The molecule has 2 aliphatic heterocycles. The Morgan fingerprint density at radius 2 is 1.82 bits per heavy atom. The second kappa shape index (κ2) is 10.4. The molecule has 2 saturated carbocycles. The normalized spacial score (nSPS) is 31.2. The summed E-state index contributed by atoms with van der Waals surface area (Å²) in [6.45, 7) is 3.28. The van der Waals surface area contributed by atoms with Gasteiger partial charge in [0.25, 0.3) is 0 Å². The summed E-state index contributed by atoms with van der Waals surface area (Å²) in [6, 6.07) is -4.02. The van der Waals surface area contributed by atoms with Gasteiger partial charge >= 0.3 is 12.1 Å². The Labute approximate surface area is 224 Å². The lowest BCUT2D eigenvalue weighted by molar-refractivity contribution is -0.176. The van der Waals surface area contributed by atoms with E-state index >= 15 is 0 Å². The minimum Gasteiger partial charge on any atom is -0.368 e. The first kappa shape index (κ1) is 28.7. The van der Waals surface area contributed by atoms with Gasteiger partial charge in [0.05, 0.1) is 5.41 Å². The standard InChI is InChI=1S/C26H34F3N5O5/c1-4-25(2,3)19(33-24(39)26(27,28)29)23(38)34-11-15-12-5-6-13(9-12)17(15)18(34)22(37)32-16(20(30)35)10-14-7-8-31-21(14)36/h1,12-19H,5-11H2,2-3H3,(H2,30,35)(H,31,36)(H,32,37)(H,33,39)/t12-,13+,14+,15-,16+,17+,18+,19-/m1/s1. The van der Waals surface area contributed by atoms with Gasteiger partial charge in [0.1, 0.15) is 18.1 Å². The highest BCUT2D eigenvalue weighted by molar-refractivity contribution is 5.96. The molecule has 5 amide bonds. The maximum atomic E-state index is 13.9. The highest BCUT2D eigenvalue weighted by atomic mass is 19.4. The van der Waals surface area contributed by atoms with Gasteiger partial charge in [-0.2, -0.15) is 13.2 Å². The summed E-state index contributed by atoms with van der Waals surface area (Å²) in [5.74, 6) is -3.11. The Hall–Kier alpha value is -3.30. The third-order valence-corrected chi connectivity index (χ3v) is 9.03. The van der Waals surface area contributed by atoms with Crippen LogP contribution in [0.3, 0.4) is 0 Å². The summed E-state index contributed by atoms with van der Waals surface area (Å²) in [5.41, 5.74) is 4.03. The zero-order valence-electron chi connectivity index (χ0n) is 21.8. The van der Waals surface area contributed by atoms with Gasteiger partial charge in [-0.15, -0.1) is 6.42 Å². The molecule has 8 atom stereocenters. The van der Waals surface area contributed by atoms with Crippen LogP contribution in [0.5, 0.6) is 0 Å². The fourth-order valence-electron chi connectivity index (χ4n) is 6.98. The van der Waals surface area contributed by atoms with Gasteiger partial charge in [0.15, 0.2) is 0 Å². The molecule has 2 saturated heterocycles. The van der Waals surface area contributed by atoms with Gasteiger partial charge in [-0.1, -0.05) is 5.92 Å². The predicted octanol–water partition coefficient (Wildman–Crippen LogP) is 0.0623. The average molecular weight is 554 g/mol. The van der Waals surface area contributed by atoms with Crippen LogP contribution in [0.2, 0.25) is 0 Å². The second-order valence-electron chi connectivity index (χ2n) is 11.8. The molecule has 0 radical (unpaired) electrons. The molecule has 13 heteroatoms. The molecule has 5 N–H and O–H groups in total. The Balaban J connectivity index is 1.62. The summed E-state index contributed by atoms with van der Waals surface area (Å²) in [4.78, 5) is 65.0. The minimum atomic E-state index is -5.25. The number of terminal acetylenes is 1. The zero-order valence-corrected chi connectivity index (χ0v) is 21.8. The molecule has 0 aromatic heterocycles. The quantitative estimate of drug-likeness (QED) is 0.314. The van der Waals surface area contributed by atoms with E-state index in [0.717, 1.165) is 19.3 Å². The van der Waals surface area contributed by atoms with Crippen molar-refractivity contribution in [3.8, 4) is 12.3 Å². The fourth-order valence-corrected chi connectivity index (χ4v) is 6.98. The van der Waals surface area contributed by atoms with E-state index in [1.165, 1.54) is 18.7 Å². The third kappa shape index (κ3) is 5.43. The molecule has 4 fully saturated rings. The molecular formula is C26H34F3N5O5. The number of nitrogens with one attached hydrogen (secondary N) is 3. The van der Waals surface area contributed by atoms with Gasteiger partial charge in [-0.25, -0.2) is 0 Å². The molecule has 4 aliphatic rings. The Morgan fingerprint density at radius 3 is 2.38 bits per heavy atom. The summed E-state index contributed by atoms with van der Waals surface area (Å²) < 4.78 is 39.4. The topological polar surface area (TPSA) is 151 Å². The number of nitrogens with zero attached hydrogens (tertiary/aromatic N) is 1. The molecule has 214 valence electrons. The minimum absolute atomic E-state index is 0.0118. The molecule has 0 unspecified atom stereocenters.